The molecule has 0 aliphatic rings. The van der Waals surface area contributed by atoms with Gasteiger partial charge in [-0.05, 0) is 39.7 Å². The van der Waals surface area contributed by atoms with Crippen LogP contribution in [0.4, 0.5) is 4.79 Å². The van der Waals surface area contributed by atoms with Crippen molar-refractivity contribution in [3.63, 3.8) is 0 Å². The Hall–Kier alpha value is -2.34. The molecule has 1 aromatic heterocycles. The van der Waals surface area contributed by atoms with Crippen LogP contribution >= 0.6 is 0 Å². The summed E-state index contributed by atoms with van der Waals surface area (Å²) in [5.41, 5.74) is 3.15. The number of carbonyl (C=O) groups excluding carboxylic acids is 1. The number of aryl methyl sites for hydroxylation is 3. The Bertz CT molecular complexity index is 717. The third-order valence-corrected chi connectivity index (χ3v) is 4.12. The Morgan fingerprint density at radius 2 is 1.96 bits per heavy atom. The number of aromatic nitrogens is 2. The monoisotopic (exact) mass is 344 g/mol. The van der Waals surface area contributed by atoms with Gasteiger partial charge in [-0.2, -0.15) is 5.10 Å². The molecule has 2 aromatic rings. The molecule has 3 N–H and O–H groups in total. The van der Waals surface area contributed by atoms with Crippen LogP contribution in [0.5, 0.6) is 0 Å². The number of urea groups is 1. The number of rotatable bonds is 6. The van der Waals surface area contributed by atoms with Gasteiger partial charge in [0.25, 0.3) is 0 Å². The van der Waals surface area contributed by atoms with Crippen LogP contribution in [0, 0.1) is 13.8 Å². The highest BCUT2D eigenvalue weighted by Gasteiger charge is 2.25. The van der Waals surface area contributed by atoms with Crippen LogP contribution in [0.25, 0.3) is 0 Å². The first kappa shape index (κ1) is 19.0. The van der Waals surface area contributed by atoms with Gasteiger partial charge in [-0.25, -0.2) is 4.79 Å². The minimum Gasteiger partial charge on any atom is -0.383 e. The zero-order valence-corrected chi connectivity index (χ0v) is 15.6. The number of benzene rings is 1. The lowest BCUT2D eigenvalue weighted by Crippen LogP contribution is -2.46. The highest BCUT2D eigenvalue weighted by atomic mass is 16.3. The summed E-state index contributed by atoms with van der Waals surface area (Å²) in [6.07, 6.45) is 4.10. The number of hydrogen-bond donors (Lipinski definition) is 3. The van der Waals surface area contributed by atoms with Gasteiger partial charge in [-0.1, -0.05) is 29.3 Å². The predicted molar refractivity (Wildman–Crippen MR) is 98.4 cm³/mol. The van der Waals surface area contributed by atoms with Crippen LogP contribution in [-0.4, -0.2) is 33.5 Å². The first-order valence-corrected chi connectivity index (χ1v) is 8.49. The summed E-state index contributed by atoms with van der Waals surface area (Å²) in [7, 11) is 1.79. The zero-order chi connectivity index (χ0) is 18.6. The highest BCUT2D eigenvalue weighted by Crippen LogP contribution is 2.18. The molecule has 0 saturated carbocycles. The Morgan fingerprint density at radius 1 is 1.32 bits per heavy atom. The van der Waals surface area contributed by atoms with Gasteiger partial charge in [0, 0.05) is 24.8 Å². The van der Waals surface area contributed by atoms with Gasteiger partial charge < -0.3 is 15.7 Å². The Morgan fingerprint density at radius 3 is 2.52 bits per heavy atom. The number of nitrogens with zero attached hydrogens (tertiary/aromatic N) is 2. The Labute approximate surface area is 149 Å². The van der Waals surface area contributed by atoms with Crippen LogP contribution in [0.1, 0.15) is 36.1 Å². The molecule has 0 bridgehead atoms. The van der Waals surface area contributed by atoms with Crippen LogP contribution in [0.3, 0.4) is 0 Å². The first-order chi connectivity index (χ1) is 11.7. The maximum Gasteiger partial charge on any atom is 0.315 e. The van der Waals surface area contributed by atoms with Crippen LogP contribution in [-0.2, 0) is 19.1 Å². The topological polar surface area (TPSA) is 79.2 Å². The Kier molecular flexibility index (Phi) is 5.85. The molecular weight excluding hydrogens is 316 g/mol. The number of aliphatic hydroxyl groups is 1. The fourth-order valence-corrected chi connectivity index (χ4v) is 2.92. The van der Waals surface area contributed by atoms with Crippen molar-refractivity contribution in [1.29, 1.82) is 0 Å². The van der Waals surface area contributed by atoms with E-state index in [4.69, 9.17) is 0 Å². The van der Waals surface area contributed by atoms with Gasteiger partial charge in [-0.3, -0.25) is 4.68 Å². The molecule has 0 saturated heterocycles. The minimum atomic E-state index is -1.16. The second-order valence-corrected chi connectivity index (χ2v) is 7.10. The number of amides is 2. The molecule has 2 atom stereocenters. The van der Waals surface area contributed by atoms with E-state index >= 15 is 0 Å². The van der Waals surface area contributed by atoms with E-state index in [0.717, 1.165) is 6.42 Å². The molecule has 0 radical (unpaired) electrons. The lowest BCUT2D eigenvalue weighted by Gasteiger charge is -2.23. The van der Waals surface area contributed by atoms with E-state index in [-0.39, 0.29) is 18.6 Å². The van der Waals surface area contributed by atoms with Gasteiger partial charge in [0.05, 0.1) is 12.7 Å². The molecule has 6 heteroatoms. The summed E-state index contributed by atoms with van der Waals surface area (Å²) >= 11 is 0. The molecule has 0 aliphatic carbocycles. The number of hydrogen-bond acceptors (Lipinski definition) is 3. The molecular formula is C19H28N4O2. The summed E-state index contributed by atoms with van der Waals surface area (Å²) < 4.78 is 1.62. The molecule has 1 aromatic carbocycles. The van der Waals surface area contributed by atoms with E-state index in [1.807, 2.05) is 6.92 Å². The zero-order valence-electron chi connectivity index (χ0n) is 15.6. The lowest BCUT2D eigenvalue weighted by molar-refractivity contribution is 0.0592. The van der Waals surface area contributed by atoms with Gasteiger partial charge in [-0.15, -0.1) is 0 Å². The quantitative estimate of drug-likeness (QED) is 0.751. The molecule has 0 unspecified atom stereocenters. The van der Waals surface area contributed by atoms with Gasteiger partial charge in [0.15, 0.2) is 0 Å². The van der Waals surface area contributed by atoms with Crippen molar-refractivity contribution in [2.24, 2.45) is 7.05 Å². The molecule has 0 fully saturated rings. The van der Waals surface area contributed by atoms with Crippen molar-refractivity contribution in [3.05, 3.63) is 52.8 Å². The molecule has 136 valence electrons. The summed E-state index contributed by atoms with van der Waals surface area (Å²) in [5, 5.41) is 20.2. The number of carbonyl (C=O) groups is 1. The minimum absolute atomic E-state index is 0.00968. The van der Waals surface area contributed by atoms with E-state index in [2.05, 4.69) is 47.8 Å². The second kappa shape index (κ2) is 7.70. The summed E-state index contributed by atoms with van der Waals surface area (Å²) in [4.78, 5) is 12.1. The normalized spacial score (nSPS) is 14.6. The summed E-state index contributed by atoms with van der Waals surface area (Å²) in [5.74, 6) is 0. The standard InChI is InChI=1S/C19H28N4O2/c1-13-6-14(2)8-16(7-13)9-15(3)22-18(24)20-12-19(4,25)17-10-21-23(5)11-17/h6-8,10-11,15,25H,9,12H2,1-5H3,(H2,20,22,24)/t15-,19-/m0/s1. The molecule has 0 spiro atoms. The van der Waals surface area contributed by atoms with Crippen molar-refractivity contribution in [3.8, 4) is 0 Å². The Balaban J connectivity index is 1.85. The predicted octanol–water partition coefficient (Wildman–Crippen LogP) is 2.17. The van der Waals surface area contributed by atoms with Gasteiger partial charge >= 0.3 is 6.03 Å². The van der Waals surface area contributed by atoms with E-state index < -0.39 is 5.60 Å². The van der Waals surface area contributed by atoms with Crippen molar-refractivity contribution in [2.45, 2.75) is 45.8 Å². The third-order valence-electron chi connectivity index (χ3n) is 4.12. The van der Waals surface area contributed by atoms with E-state index in [1.165, 1.54) is 16.7 Å². The van der Waals surface area contributed by atoms with Crippen LogP contribution < -0.4 is 10.6 Å². The second-order valence-electron chi connectivity index (χ2n) is 7.10. The molecule has 1 heterocycles. The van der Waals surface area contributed by atoms with Crippen LogP contribution in [0.2, 0.25) is 0 Å². The van der Waals surface area contributed by atoms with E-state index in [9.17, 15) is 9.90 Å². The first-order valence-electron chi connectivity index (χ1n) is 8.49. The lowest BCUT2D eigenvalue weighted by atomic mass is 10.00. The molecule has 2 amide bonds. The van der Waals surface area contributed by atoms with Crippen molar-refractivity contribution in [1.82, 2.24) is 20.4 Å². The van der Waals surface area contributed by atoms with Crippen molar-refractivity contribution in [2.75, 3.05) is 6.54 Å². The SMILES string of the molecule is Cc1cc(C)cc(C[C@H](C)NC(=O)NC[C@](C)(O)c2cnn(C)c2)c1. The maximum atomic E-state index is 12.1. The smallest absolute Gasteiger partial charge is 0.315 e. The third kappa shape index (κ3) is 5.60. The summed E-state index contributed by atoms with van der Waals surface area (Å²) in [6, 6.07) is 6.10. The fourth-order valence-electron chi connectivity index (χ4n) is 2.92. The maximum absolute atomic E-state index is 12.1. The number of nitrogens with one attached hydrogen (secondary N) is 2. The fraction of sp³-hybridized carbons (Fsp3) is 0.474. The van der Waals surface area contributed by atoms with Crippen molar-refractivity contribution >= 4 is 6.03 Å². The highest BCUT2D eigenvalue weighted by molar-refractivity contribution is 5.74. The largest absolute Gasteiger partial charge is 0.383 e. The average Bonchev–Trinajstić information content (AvgIpc) is 2.91. The molecule has 2 rings (SSSR count). The van der Waals surface area contributed by atoms with Crippen LogP contribution in [0.15, 0.2) is 30.6 Å². The molecule has 6 nitrogen and oxygen atoms in total. The van der Waals surface area contributed by atoms with Crippen molar-refractivity contribution < 1.29 is 9.90 Å². The van der Waals surface area contributed by atoms with E-state index in [0.29, 0.717) is 5.56 Å². The molecule has 0 aliphatic heterocycles. The average molecular weight is 344 g/mol. The van der Waals surface area contributed by atoms with Gasteiger partial charge in [0.1, 0.15) is 5.60 Å². The molecule has 25 heavy (non-hydrogen) atoms. The van der Waals surface area contributed by atoms with E-state index in [1.54, 1.807) is 31.0 Å². The summed E-state index contributed by atoms with van der Waals surface area (Å²) in [6.45, 7) is 7.88. The van der Waals surface area contributed by atoms with Gasteiger partial charge in [0.2, 0.25) is 0 Å².